The van der Waals surface area contributed by atoms with Gasteiger partial charge in [-0.05, 0) is 61.4 Å². The van der Waals surface area contributed by atoms with E-state index >= 15 is 0 Å². The molecule has 0 N–H and O–H groups in total. The van der Waals surface area contributed by atoms with E-state index in [1.54, 1.807) is 24.3 Å². The molecule has 0 bridgehead atoms. The lowest BCUT2D eigenvalue weighted by Crippen LogP contribution is -2.00. The summed E-state index contributed by atoms with van der Waals surface area (Å²) in [6.45, 7) is 4.18. The summed E-state index contributed by atoms with van der Waals surface area (Å²) in [6, 6.07) is 20.9. The third-order valence-corrected chi connectivity index (χ3v) is 4.92. The van der Waals surface area contributed by atoms with E-state index < -0.39 is 0 Å². The van der Waals surface area contributed by atoms with Gasteiger partial charge in [-0.2, -0.15) is 0 Å². The second kappa shape index (κ2) is 7.72. The maximum atomic E-state index is 11.6. The van der Waals surface area contributed by atoms with E-state index in [4.69, 9.17) is 9.47 Å². The van der Waals surface area contributed by atoms with Gasteiger partial charge in [0.05, 0.1) is 12.7 Å². The smallest absolute Gasteiger partial charge is 0.337 e. The normalized spacial score (nSPS) is 10.7. The zero-order valence-electron chi connectivity index (χ0n) is 16.5. The van der Waals surface area contributed by atoms with Crippen LogP contribution in [0.5, 0.6) is 11.6 Å². The first-order valence-electron chi connectivity index (χ1n) is 9.26. The number of hydrogen-bond acceptors (Lipinski definition) is 5. The molecule has 0 aliphatic carbocycles. The van der Waals surface area contributed by atoms with Gasteiger partial charge in [0, 0.05) is 16.3 Å². The van der Waals surface area contributed by atoms with Gasteiger partial charge in [-0.15, -0.1) is 10.2 Å². The molecule has 29 heavy (non-hydrogen) atoms. The first-order chi connectivity index (χ1) is 14.1. The van der Waals surface area contributed by atoms with Gasteiger partial charge in [-0.3, -0.25) is 0 Å². The lowest BCUT2D eigenvalue weighted by atomic mass is 10.0. The minimum Gasteiger partial charge on any atom is -0.465 e. The monoisotopic (exact) mass is 384 g/mol. The number of rotatable bonds is 4. The number of fused-ring (bicyclic) bond motifs is 1. The van der Waals surface area contributed by atoms with Crippen molar-refractivity contribution in [2.45, 2.75) is 13.8 Å². The van der Waals surface area contributed by atoms with Crippen molar-refractivity contribution in [3.8, 4) is 22.9 Å². The summed E-state index contributed by atoms with van der Waals surface area (Å²) in [5.41, 5.74) is 4.74. The molecule has 0 saturated carbocycles. The van der Waals surface area contributed by atoms with Crippen LogP contribution in [0, 0.1) is 13.8 Å². The Balaban J connectivity index is 1.73. The highest BCUT2D eigenvalue weighted by molar-refractivity contribution is 5.97. The molecule has 4 rings (SSSR count). The number of benzene rings is 3. The summed E-state index contributed by atoms with van der Waals surface area (Å²) >= 11 is 0. The molecule has 5 nitrogen and oxygen atoms in total. The van der Waals surface area contributed by atoms with Crippen molar-refractivity contribution in [1.29, 1.82) is 0 Å². The largest absolute Gasteiger partial charge is 0.465 e. The Hall–Kier alpha value is -3.73. The minimum absolute atomic E-state index is 0.389. The maximum Gasteiger partial charge on any atom is 0.337 e. The second-order valence-electron chi connectivity index (χ2n) is 6.82. The molecular formula is C24H20N2O3. The fourth-order valence-corrected chi connectivity index (χ4v) is 3.15. The van der Waals surface area contributed by atoms with Crippen LogP contribution in [0.2, 0.25) is 0 Å². The molecule has 0 saturated heterocycles. The van der Waals surface area contributed by atoms with Gasteiger partial charge in [0.15, 0.2) is 0 Å². The quantitative estimate of drug-likeness (QED) is 0.435. The Morgan fingerprint density at radius 3 is 2.24 bits per heavy atom. The molecule has 1 aromatic heterocycles. The average molecular weight is 384 g/mol. The van der Waals surface area contributed by atoms with E-state index in [1.807, 2.05) is 24.3 Å². The summed E-state index contributed by atoms with van der Waals surface area (Å²) < 4.78 is 10.7. The predicted octanol–water partition coefficient (Wildman–Crippen LogP) is 5.49. The lowest BCUT2D eigenvalue weighted by molar-refractivity contribution is 0.0600. The van der Waals surface area contributed by atoms with Crippen LogP contribution in [0.1, 0.15) is 21.5 Å². The molecule has 4 aromatic rings. The number of esters is 1. The standard InChI is InChI=1S/C24H20N2O3/c1-15-8-9-18(14-16(15)2)22-20-6-4-5-7-21(20)23(26-25-22)29-19-12-10-17(11-13-19)24(27)28-3/h4-14H,1-3H3. The molecule has 0 radical (unpaired) electrons. The molecule has 5 heteroatoms. The van der Waals surface area contributed by atoms with Gasteiger partial charge in [-0.25, -0.2) is 4.79 Å². The highest BCUT2D eigenvalue weighted by Crippen LogP contribution is 2.33. The van der Waals surface area contributed by atoms with Crippen molar-refractivity contribution in [1.82, 2.24) is 10.2 Å². The van der Waals surface area contributed by atoms with Crippen LogP contribution in [-0.4, -0.2) is 23.3 Å². The van der Waals surface area contributed by atoms with Crippen LogP contribution < -0.4 is 4.74 Å². The topological polar surface area (TPSA) is 61.3 Å². The minimum atomic E-state index is -0.389. The van der Waals surface area contributed by atoms with Gasteiger partial charge < -0.3 is 9.47 Å². The van der Waals surface area contributed by atoms with Crippen molar-refractivity contribution < 1.29 is 14.3 Å². The van der Waals surface area contributed by atoms with Crippen LogP contribution in [0.3, 0.4) is 0 Å². The molecule has 0 amide bonds. The van der Waals surface area contributed by atoms with Gasteiger partial charge in [0.25, 0.3) is 0 Å². The van der Waals surface area contributed by atoms with Gasteiger partial charge in [0.1, 0.15) is 11.4 Å². The van der Waals surface area contributed by atoms with Crippen molar-refractivity contribution in [2.24, 2.45) is 0 Å². The maximum absolute atomic E-state index is 11.6. The number of hydrogen-bond donors (Lipinski definition) is 0. The molecule has 144 valence electrons. The summed E-state index contributed by atoms with van der Waals surface area (Å²) in [6.07, 6.45) is 0. The van der Waals surface area contributed by atoms with Gasteiger partial charge in [-0.1, -0.05) is 30.3 Å². The molecular weight excluding hydrogens is 364 g/mol. The molecule has 1 heterocycles. The summed E-state index contributed by atoms with van der Waals surface area (Å²) in [5.74, 6) is 0.592. The van der Waals surface area contributed by atoms with Crippen molar-refractivity contribution in [3.63, 3.8) is 0 Å². The third-order valence-electron chi connectivity index (χ3n) is 4.92. The molecule has 0 atom stereocenters. The SMILES string of the molecule is COC(=O)c1ccc(Oc2nnc(-c3ccc(C)c(C)c3)c3ccccc23)cc1. The highest BCUT2D eigenvalue weighted by atomic mass is 16.5. The van der Waals surface area contributed by atoms with E-state index in [-0.39, 0.29) is 5.97 Å². The van der Waals surface area contributed by atoms with E-state index in [2.05, 4.69) is 42.2 Å². The highest BCUT2D eigenvalue weighted by Gasteiger charge is 2.13. The van der Waals surface area contributed by atoms with Crippen LogP contribution >= 0.6 is 0 Å². The fraction of sp³-hybridized carbons (Fsp3) is 0.125. The Bertz CT molecular complexity index is 1200. The number of nitrogens with zero attached hydrogens (tertiary/aromatic N) is 2. The Morgan fingerprint density at radius 1 is 0.828 bits per heavy atom. The first-order valence-corrected chi connectivity index (χ1v) is 9.26. The van der Waals surface area contributed by atoms with Crippen molar-refractivity contribution in [3.05, 3.63) is 83.4 Å². The van der Waals surface area contributed by atoms with Gasteiger partial charge in [0.2, 0.25) is 5.88 Å². The van der Waals surface area contributed by atoms with E-state index in [0.29, 0.717) is 17.2 Å². The van der Waals surface area contributed by atoms with Gasteiger partial charge >= 0.3 is 5.97 Å². The average Bonchev–Trinajstić information content (AvgIpc) is 2.76. The molecule has 3 aromatic carbocycles. The number of methoxy groups -OCH3 is 1. The predicted molar refractivity (Wildman–Crippen MR) is 112 cm³/mol. The molecule has 0 aliphatic heterocycles. The van der Waals surface area contributed by atoms with Crippen molar-refractivity contribution in [2.75, 3.05) is 7.11 Å². The van der Waals surface area contributed by atoms with Crippen LogP contribution in [0.15, 0.2) is 66.7 Å². The third kappa shape index (κ3) is 3.67. The summed E-state index contributed by atoms with van der Waals surface area (Å²) in [5, 5.41) is 10.6. The second-order valence-corrected chi connectivity index (χ2v) is 6.82. The number of aryl methyl sites for hydroxylation is 2. The van der Waals surface area contributed by atoms with E-state index in [9.17, 15) is 4.79 Å². The van der Waals surface area contributed by atoms with Crippen molar-refractivity contribution >= 4 is 16.7 Å². The number of carbonyl (C=O) groups excluding carboxylic acids is 1. The Kier molecular flexibility index (Phi) is 4.96. The zero-order chi connectivity index (χ0) is 20.4. The molecule has 0 spiro atoms. The molecule has 0 aliphatic rings. The Labute approximate surface area is 168 Å². The zero-order valence-corrected chi connectivity index (χ0v) is 16.5. The van der Waals surface area contributed by atoms with E-state index in [0.717, 1.165) is 22.0 Å². The van der Waals surface area contributed by atoms with Crippen LogP contribution in [0.25, 0.3) is 22.0 Å². The molecule has 0 unspecified atom stereocenters. The molecule has 0 fully saturated rings. The fourth-order valence-electron chi connectivity index (χ4n) is 3.15. The number of aromatic nitrogens is 2. The first kappa shape index (κ1) is 18.6. The summed E-state index contributed by atoms with van der Waals surface area (Å²) in [7, 11) is 1.35. The van der Waals surface area contributed by atoms with Crippen LogP contribution in [0.4, 0.5) is 0 Å². The summed E-state index contributed by atoms with van der Waals surface area (Å²) in [4.78, 5) is 11.6. The Morgan fingerprint density at radius 2 is 1.55 bits per heavy atom. The number of ether oxygens (including phenoxy) is 2. The lowest BCUT2D eigenvalue weighted by Gasteiger charge is -2.11. The van der Waals surface area contributed by atoms with Crippen LogP contribution in [-0.2, 0) is 4.74 Å². The number of carbonyl (C=O) groups is 1. The van der Waals surface area contributed by atoms with E-state index in [1.165, 1.54) is 18.2 Å².